The highest BCUT2D eigenvalue weighted by Crippen LogP contribution is 2.36. The average Bonchev–Trinajstić information content (AvgIpc) is 2.43. The van der Waals surface area contributed by atoms with Crippen molar-refractivity contribution < 1.29 is 9.18 Å². The van der Waals surface area contributed by atoms with Crippen molar-refractivity contribution in [3.63, 3.8) is 0 Å². The zero-order valence-corrected chi connectivity index (χ0v) is 12.4. The summed E-state index contributed by atoms with van der Waals surface area (Å²) in [5.41, 5.74) is 0.143. The highest BCUT2D eigenvalue weighted by Gasteiger charge is 2.38. The number of amides is 1. The predicted molar refractivity (Wildman–Crippen MR) is 79.5 cm³/mol. The van der Waals surface area contributed by atoms with Crippen molar-refractivity contribution in [3.05, 3.63) is 29.0 Å². The monoisotopic (exact) mass is 298 g/mol. The van der Waals surface area contributed by atoms with E-state index < -0.39 is 5.82 Å². The van der Waals surface area contributed by atoms with Gasteiger partial charge < -0.3 is 10.6 Å². The molecule has 1 amide bonds. The van der Waals surface area contributed by atoms with Gasteiger partial charge in [-0.05, 0) is 50.6 Å². The molecule has 3 nitrogen and oxygen atoms in total. The summed E-state index contributed by atoms with van der Waals surface area (Å²) in [6.07, 6.45) is 3.47. The van der Waals surface area contributed by atoms with Gasteiger partial charge in [0.05, 0.1) is 16.1 Å². The fourth-order valence-electron chi connectivity index (χ4n) is 2.82. The molecule has 1 aromatic carbocycles. The van der Waals surface area contributed by atoms with Gasteiger partial charge in [0.1, 0.15) is 5.82 Å². The maximum Gasteiger partial charge on any atom is 0.230 e. The van der Waals surface area contributed by atoms with Crippen LogP contribution in [0, 0.1) is 11.2 Å². The number of anilines is 1. The lowest BCUT2D eigenvalue weighted by Crippen LogP contribution is -2.44. The number of carbonyl (C=O) groups is 1. The lowest BCUT2D eigenvalue weighted by Gasteiger charge is -2.36. The van der Waals surface area contributed by atoms with Crippen molar-refractivity contribution in [2.45, 2.75) is 32.6 Å². The summed E-state index contributed by atoms with van der Waals surface area (Å²) in [4.78, 5) is 12.6. The second kappa shape index (κ2) is 6.55. The summed E-state index contributed by atoms with van der Waals surface area (Å²) in [6.45, 7) is 3.79. The molecule has 1 fully saturated rings. The van der Waals surface area contributed by atoms with E-state index in [9.17, 15) is 9.18 Å². The maximum absolute atomic E-state index is 13.0. The van der Waals surface area contributed by atoms with E-state index in [1.807, 2.05) is 0 Å². The smallest absolute Gasteiger partial charge is 0.230 e. The van der Waals surface area contributed by atoms with Crippen LogP contribution in [0.2, 0.25) is 5.02 Å². The molecule has 0 bridgehead atoms. The molecule has 0 saturated carbocycles. The van der Waals surface area contributed by atoms with Crippen molar-refractivity contribution in [3.8, 4) is 0 Å². The van der Waals surface area contributed by atoms with Crippen LogP contribution in [0.15, 0.2) is 18.2 Å². The molecule has 1 heterocycles. The van der Waals surface area contributed by atoms with E-state index in [2.05, 4.69) is 17.6 Å². The fourth-order valence-corrected chi connectivity index (χ4v) is 3.03. The van der Waals surface area contributed by atoms with Crippen LogP contribution >= 0.6 is 11.6 Å². The van der Waals surface area contributed by atoms with Crippen LogP contribution in [-0.2, 0) is 4.79 Å². The average molecular weight is 299 g/mol. The Morgan fingerprint density at radius 2 is 2.15 bits per heavy atom. The first-order valence-electron chi connectivity index (χ1n) is 7.04. The Morgan fingerprint density at radius 3 is 2.75 bits per heavy atom. The minimum Gasteiger partial charge on any atom is -0.324 e. The van der Waals surface area contributed by atoms with Crippen molar-refractivity contribution in [1.29, 1.82) is 0 Å². The van der Waals surface area contributed by atoms with E-state index in [1.54, 1.807) is 0 Å². The molecule has 1 saturated heterocycles. The SMILES string of the molecule is CCCC1(C(=O)Nc2ccc(F)cc2Cl)CCNCC1. The third kappa shape index (κ3) is 3.30. The Bertz CT molecular complexity index is 481. The van der Waals surface area contributed by atoms with Crippen LogP contribution in [-0.4, -0.2) is 19.0 Å². The Balaban J connectivity index is 2.15. The first kappa shape index (κ1) is 15.3. The van der Waals surface area contributed by atoms with E-state index >= 15 is 0 Å². The van der Waals surface area contributed by atoms with E-state index in [-0.39, 0.29) is 16.3 Å². The fraction of sp³-hybridized carbons (Fsp3) is 0.533. The van der Waals surface area contributed by atoms with Gasteiger partial charge >= 0.3 is 0 Å². The number of hydrogen-bond acceptors (Lipinski definition) is 2. The number of nitrogens with one attached hydrogen (secondary N) is 2. The number of hydrogen-bond donors (Lipinski definition) is 2. The summed E-state index contributed by atoms with van der Waals surface area (Å²) in [5, 5.41) is 6.38. The summed E-state index contributed by atoms with van der Waals surface area (Å²) >= 11 is 5.97. The second-order valence-corrected chi connectivity index (χ2v) is 5.77. The molecule has 0 unspecified atom stereocenters. The quantitative estimate of drug-likeness (QED) is 0.892. The highest BCUT2D eigenvalue weighted by atomic mass is 35.5. The Labute approximate surface area is 123 Å². The van der Waals surface area contributed by atoms with Crippen LogP contribution in [0.1, 0.15) is 32.6 Å². The number of benzene rings is 1. The summed E-state index contributed by atoms with van der Waals surface area (Å²) in [5.74, 6) is -0.410. The number of halogens is 2. The molecule has 0 aliphatic carbocycles. The molecule has 0 radical (unpaired) electrons. The summed E-state index contributed by atoms with van der Waals surface area (Å²) in [7, 11) is 0. The minimum atomic E-state index is -0.405. The molecule has 0 atom stereocenters. The lowest BCUT2D eigenvalue weighted by atomic mass is 9.74. The molecule has 0 aromatic heterocycles. The molecule has 1 aliphatic heterocycles. The van der Waals surface area contributed by atoms with Gasteiger partial charge in [0.25, 0.3) is 0 Å². The van der Waals surface area contributed by atoms with Crippen LogP contribution in [0.5, 0.6) is 0 Å². The van der Waals surface area contributed by atoms with Gasteiger partial charge in [-0.2, -0.15) is 0 Å². The lowest BCUT2D eigenvalue weighted by molar-refractivity contribution is -0.127. The van der Waals surface area contributed by atoms with E-state index in [1.165, 1.54) is 18.2 Å². The van der Waals surface area contributed by atoms with Gasteiger partial charge in [0.2, 0.25) is 5.91 Å². The summed E-state index contributed by atoms with van der Waals surface area (Å²) in [6, 6.07) is 4.03. The normalized spacial score (nSPS) is 17.8. The molecular weight excluding hydrogens is 279 g/mol. The largest absolute Gasteiger partial charge is 0.324 e. The van der Waals surface area contributed by atoms with Crippen molar-refractivity contribution >= 4 is 23.2 Å². The van der Waals surface area contributed by atoms with Gasteiger partial charge in [-0.3, -0.25) is 4.79 Å². The van der Waals surface area contributed by atoms with E-state index in [4.69, 9.17) is 11.6 Å². The number of carbonyl (C=O) groups excluding carboxylic acids is 1. The van der Waals surface area contributed by atoms with E-state index in [0.717, 1.165) is 38.8 Å². The molecule has 1 aliphatic rings. The zero-order valence-electron chi connectivity index (χ0n) is 11.6. The Hall–Kier alpha value is -1.13. The standard InChI is InChI=1S/C15H20ClFN2O/c1-2-5-15(6-8-18-9-7-15)14(20)19-13-4-3-11(17)10-12(13)16/h3-4,10,18H,2,5-9H2,1H3,(H,19,20). The molecule has 1 aromatic rings. The van der Waals surface area contributed by atoms with Crippen molar-refractivity contribution in [1.82, 2.24) is 5.32 Å². The van der Waals surface area contributed by atoms with Crippen LogP contribution < -0.4 is 10.6 Å². The highest BCUT2D eigenvalue weighted by molar-refractivity contribution is 6.33. The van der Waals surface area contributed by atoms with Crippen molar-refractivity contribution in [2.24, 2.45) is 5.41 Å². The van der Waals surface area contributed by atoms with Crippen LogP contribution in [0.3, 0.4) is 0 Å². The third-order valence-corrected chi connectivity index (χ3v) is 4.26. The maximum atomic E-state index is 13.0. The first-order chi connectivity index (χ1) is 9.57. The van der Waals surface area contributed by atoms with Gasteiger partial charge in [-0.1, -0.05) is 24.9 Å². The zero-order chi connectivity index (χ0) is 14.6. The minimum absolute atomic E-state index is 0.00522. The second-order valence-electron chi connectivity index (χ2n) is 5.36. The molecule has 2 rings (SSSR count). The van der Waals surface area contributed by atoms with Gasteiger partial charge in [0.15, 0.2) is 0 Å². The predicted octanol–water partition coefficient (Wildman–Crippen LogP) is 3.59. The molecule has 20 heavy (non-hydrogen) atoms. The van der Waals surface area contributed by atoms with Gasteiger partial charge in [-0.25, -0.2) is 4.39 Å². The molecule has 110 valence electrons. The topological polar surface area (TPSA) is 41.1 Å². The van der Waals surface area contributed by atoms with Crippen molar-refractivity contribution in [2.75, 3.05) is 18.4 Å². The number of piperidine rings is 1. The molecule has 2 N–H and O–H groups in total. The van der Waals surface area contributed by atoms with Gasteiger partial charge in [-0.15, -0.1) is 0 Å². The molecule has 5 heteroatoms. The Kier molecular flexibility index (Phi) is 5.00. The van der Waals surface area contributed by atoms with Gasteiger partial charge in [0, 0.05) is 0 Å². The number of rotatable bonds is 4. The third-order valence-electron chi connectivity index (χ3n) is 3.95. The van der Waals surface area contributed by atoms with E-state index in [0.29, 0.717) is 5.69 Å². The van der Waals surface area contributed by atoms with Crippen LogP contribution in [0.4, 0.5) is 10.1 Å². The first-order valence-corrected chi connectivity index (χ1v) is 7.42. The summed E-state index contributed by atoms with van der Waals surface area (Å²) < 4.78 is 13.0. The molecular formula is C15H20ClFN2O. The van der Waals surface area contributed by atoms with Crippen LogP contribution in [0.25, 0.3) is 0 Å². The Morgan fingerprint density at radius 1 is 1.45 bits per heavy atom. The molecule has 0 spiro atoms.